The summed E-state index contributed by atoms with van der Waals surface area (Å²) >= 11 is 0. The molecule has 19 heavy (non-hydrogen) atoms. The van der Waals surface area contributed by atoms with Gasteiger partial charge < -0.3 is 15.4 Å². The van der Waals surface area contributed by atoms with Gasteiger partial charge in [0.2, 0.25) is 5.88 Å². The van der Waals surface area contributed by atoms with Crippen molar-refractivity contribution < 1.29 is 9.13 Å². The Labute approximate surface area is 111 Å². The van der Waals surface area contributed by atoms with Crippen molar-refractivity contribution in [2.45, 2.75) is 6.92 Å². The Hall–Kier alpha value is -2.30. The lowest BCUT2D eigenvalue weighted by Crippen LogP contribution is -2.12. The van der Waals surface area contributed by atoms with Gasteiger partial charge >= 0.3 is 0 Å². The highest BCUT2D eigenvalue weighted by molar-refractivity contribution is 5.62. The SMILES string of the molecule is CCOc1nc(N(C)c2cccc(F)c2)ccc1N. The van der Waals surface area contributed by atoms with Crippen LogP contribution in [0.15, 0.2) is 36.4 Å². The maximum Gasteiger partial charge on any atom is 0.239 e. The van der Waals surface area contributed by atoms with Crippen molar-refractivity contribution in [2.24, 2.45) is 0 Å². The number of rotatable bonds is 4. The molecule has 0 unspecified atom stereocenters. The molecule has 5 heteroatoms. The van der Waals surface area contributed by atoms with E-state index in [0.717, 1.165) is 0 Å². The van der Waals surface area contributed by atoms with Crippen molar-refractivity contribution in [3.05, 3.63) is 42.2 Å². The Balaban J connectivity index is 2.33. The largest absolute Gasteiger partial charge is 0.476 e. The number of anilines is 3. The van der Waals surface area contributed by atoms with Gasteiger partial charge in [0.25, 0.3) is 0 Å². The van der Waals surface area contributed by atoms with Gasteiger partial charge in [0.1, 0.15) is 11.6 Å². The summed E-state index contributed by atoms with van der Waals surface area (Å²) in [5.74, 6) is 0.747. The second-order valence-corrected chi connectivity index (χ2v) is 4.04. The van der Waals surface area contributed by atoms with Crippen LogP contribution >= 0.6 is 0 Å². The summed E-state index contributed by atoms with van der Waals surface area (Å²) in [6.45, 7) is 2.36. The first-order chi connectivity index (χ1) is 9.11. The molecule has 0 spiro atoms. The molecule has 0 bridgehead atoms. The lowest BCUT2D eigenvalue weighted by molar-refractivity contribution is 0.329. The molecular formula is C14H16FN3O. The van der Waals surface area contributed by atoms with Gasteiger partial charge in [-0.2, -0.15) is 4.98 Å². The minimum absolute atomic E-state index is 0.287. The van der Waals surface area contributed by atoms with Crippen molar-refractivity contribution in [3.8, 4) is 5.88 Å². The Morgan fingerprint density at radius 2 is 2.11 bits per heavy atom. The summed E-state index contributed by atoms with van der Waals surface area (Å²) in [4.78, 5) is 6.09. The molecule has 100 valence electrons. The van der Waals surface area contributed by atoms with Gasteiger partial charge in [0, 0.05) is 12.7 Å². The monoisotopic (exact) mass is 261 g/mol. The lowest BCUT2D eigenvalue weighted by atomic mass is 10.3. The molecule has 0 saturated carbocycles. The van der Waals surface area contributed by atoms with Crippen LogP contribution in [0.4, 0.5) is 21.6 Å². The second kappa shape index (κ2) is 5.56. The first kappa shape index (κ1) is 13.1. The molecular weight excluding hydrogens is 245 g/mol. The molecule has 0 radical (unpaired) electrons. The molecule has 1 aromatic heterocycles. The molecule has 1 heterocycles. The number of nitrogens with two attached hydrogens (primary N) is 1. The standard InChI is InChI=1S/C14H16FN3O/c1-3-19-14-12(16)7-8-13(17-14)18(2)11-6-4-5-10(15)9-11/h4-9H,3,16H2,1-2H3. The van der Waals surface area contributed by atoms with Crippen LogP contribution in [0, 0.1) is 5.82 Å². The number of nitrogen functional groups attached to an aromatic ring is 1. The average molecular weight is 261 g/mol. The van der Waals surface area contributed by atoms with E-state index in [9.17, 15) is 4.39 Å². The minimum atomic E-state index is -0.287. The maximum atomic E-state index is 13.2. The summed E-state index contributed by atoms with van der Waals surface area (Å²) in [5.41, 5.74) is 6.97. The molecule has 4 nitrogen and oxygen atoms in total. The zero-order valence-corrected chi connectivity index (χ0v) is 10.9. The highest BCUT2D eigenvalue weighted by Crippen LogP contribution is 2.27. The fourth-order valence-corrected chi connectivity index (χ4v) is 1.70. The molecule has 0 aliphatic heterocycles. The van der Waals surface area contributed by atoms with Crippen LogP contribution in [-0.4, -0.2) is 18.6 Å². The summed E-state index contributed by atoms with van der Waals surface area (Å²) < 4.78 is 18.6. The third-order valence-corrected chi connectivity index (χ3v) is 2.70. The average Bonchev–Trinajstić information content (AvgIpc) is 2.41. The van der Waals surface area contributed by atoms with Gasteiger partial charge in [0.15, 0.2) is 0 Å². The first-order valence-electron chi connectivity index (χ1n) is 6.00. The number of hydrogen-bond donors (Lipinski definition) is 1. The Bertz CT molecular complexity index is 574. The number of halogens is 1. The van der Waals surface area contributed by atoms with Gasteiger partial charge in [-0.3, -0.25) is 0 Å². The number of aromatic nitrogens is 1. The third-order valence-electron chi connectivity index (χ3n) is 2.70. The molecule has 0 aliphatic carbocycles. The van der Waals surface area contributed by atoms with E-state index in [4.69, 9.17) is 10.5 Å². The van der Waals surface area contributed by atoms with E-state index in [-0.39, 0.29) is 5.82 Å². The smallest absolute Gasteiger partial charge is 0.239 e. The maximum absolute atomic E-state index is 13.2. The van der Waals surface area contributed by atoms with Crippen LogP contribution < -0.4 is 15.4 Å². The minimum Gasteiger partial charge on any atom is -0.476 e. The quantitative estimate of drug-likeness (QED) is 0.919. The second-order valence-electron chi connectivity index (χ2n) is 4.04. The highest BCUT2D eigenvalue weighted by Gasteiger charge is 2.09. The molecule has 0 fully saturated rings. The topological polar surface area (TPSA) is 51.4 Å². The number of hydrogen-bond acceptors (Lipinski definition) is 4. The van der Waals surface area contributed by atoms with E-state index < -0.39 is 0 Å². The summed E-state index contributed by atoms with van der Waals surface area (Å²) in [5, 5.41) is 0. The summed E-state index contributed by atoms with van der Waals surface area (Å²) in [7, 11) is 1.81. The highest BCUT2D eigenvalue weighted by atomic mass is 19.1. The zero-order chi connectivity index (χ0) is 13.8. The molecule has 0 atom stereocenters. The van der Waals surface area contributed by atoms with E-state index in [2.05, 4.69) is 4.98 Å². The van der Waals surface area contributed by atoms with E-state index >= 15 is 0 Å². The fraction of sp³-hybridized carbons (Fsp3) is 0.214. The van der Waals surface area contributed by atoms with Crippen molar-refractivity contribution >= 4 is 17.2 Å². The van der Waals surface area contributed by atoms with Gasteiger partial charge in [-0.1, -0.05) is 6.07 Å². The lowest BCUT2D eigenvalue weighted by Gasteiger charge is -2.19. The van der Waals surface area contributed by atoms with Gasteiger partial charge in [-0.15, -0.1) is 0 Å². The van der Waals surface area contributed by atoms with Crippen LogP contribution in [0.3, 0.4) is 0 Å². The van der Waals surface area contributed by atoms with Crippen molar-refractivity contribution in [1.29, 1.82) is 0 Å². The van der Waals surface area contributed by atoms with E-state index in [1.807, 2.05) is 20.0 Å². The van der Waals surface area contributed by atoms with Crippen LogP contribution in [-0.2, 0) is 0 Å². The van der Waals surface area contributed by atoms with E-state index in [1.54, 1.807) is 23.1 Å². The van der Waals surface area contributed by atoms with Crippen molar-refractivity contribution in [3.63, 3.8) is 0 Å². The molecule has 2 rings (SSSR count). The molecule has 1 aromatic carbocycles. The van der Waals surface area contributed by atoms with Crippen LogP contribution in [0.25, 0.3) is 0 Å². The first-order valence-corrected chi connectivity index (χ1v) is 6.00. The van der Waals surface area contributed by atoms with Crippen LogP contribution in [0.2, 0.25) is 0 Å². The number of nitrogens with zero attached hydrogens (tertiary/aromatic N) is 2. The Kier molecular flexibility index (Phi) is 3.85. The van der Waals surface area contributed by atoms with E-state index in [1.165, 1.54) is 12.1 Å². The molecule has 2 aromatic rings. The van der Waals surface area contributed by atoms with Crippen LogP contribution in [0.5, 0.6) is 5.88 Å². The van der Waals surface area contributed by atoms with Crippen molar-refractivity contribution in [2.75, 3.05) is 24.3 Å². The van der Waals surface area contributed by atoms with Gasteiger partial charge in [-0.05, 0) is 37.3 Å². The predicted octanol–water partition coefficient (Wildman–Crippen LogP) is 2.97. The Morgan fingerprint density at radius 3 is 2.79 bits per heavy atom. The molecule has 0 amide bonds. The Morgan fingerprint density at radius 1 is 1.32 bits per heavy atom. The summed E-state index contributed by atoms with van der Waals surface area (Å²) in [6, 6.07) is 9.80. The van der Waals surface area contributed by atoms with Crippen molar-refractivity contribution in [1.82, 2.24) is 4.98 Å². The molecule has 0 saturated heterocycles. The molecule has 0 aliphatic rings. The predicted molar refractivity (Wildman–Crippen MR) is 74.3 cm³/mol. The molecule has 2 N–H and O–H groups in total. The van der Waals surface area contributed by atoms with Gasteiger partial charge in [0.05, 0.1) is 12.3 Å². The fourth-order valence-electron chi connectivity index (χ4n) is 1.70. The zero-order valence-electron chi connectivity index (χ0n) is 10.9. The van der Waals surface area contributed by atoms with Crippen LogP contribution in [0.1, 0.15) is 6.92 Å². The normalized spacial score (nSPS) is 10.3. The number of pyridine rings is 1. The van der Waals surface area contributed by atoms with E-state index in [0.29, 0.717) is 29.7 Å². The van der Waals surface area contributed by atoms with Gasteiger partial charge in [-0.25, -0.2) is 4.39 Å². The number of ether oxygens (including phenoxy) is 1. The summed E-state index contributed by atoms with van der Waals surface area (Å²) in [6.07, 6.45) is 0. The third kappa shape index (κ3) is 2.93. The number of benzene rings is 1.